The van der Waals surface area contributed by atoms with Crippen molar-refractivity contribution in [1.29, 1.82) is 5.26 Å². The van der Waals surface area contributed by atoms with E-state index >= 15 is 0 Å². The summed E-state index contributed by atoms with van der Waals surface area (Å²) in [6.45, 7) is 2.05. The zero-order valence-corrected chi connectivity index (χ0v) is 8.23. The highest BCUT2D eigenvalue weighted by atomic mass is 16.5. The lowest BCUT2D eigenvalue weighted by Crippen LogP contribution is -2.17. The quantitative estimate of drug-likeness (QED) is 0.782. The predicted molar refractivity (Wildman–Crippen MR) is 54.9 cm³/mol. The molecule has 0 aromatic heterocycles. The Bertz CT molecular complexity index is 328. The molecule has 1 rings (SSSR count). The third kappa shape index (κ3) is 3.46. The van der Waals surface area contributed by atoms with Crippen LogP contribution in [-0.2, 0) is 6.42 Å². The van der Waals surface area contributed by atoms with Crippen LogP contribution in [0.5, 0.6) is 5.75 Å². The number of nitrogens with two attached hydrogens (primary N) is 1. The Morgan fingerprint density at radius 1 is 1.57 bits per heavy atom. The van der Waals surface area contributed by atoms with Gasteiger partial charge in [-0.25, -0.2) is 0 Å². The third-order valence-corrected chi connectivity index (χ3v) is 1.76. The van der Waals surface area contributed by atoms with Crippen LogP contribution in [0.4, 0.5) is 0 Å². The topological polar surface area (TPSA) is 59.0 Å². The molecule has 0 spiro atoms. The fraction of sp³-hybridized carbons (Fsp3) is 0.364. The molecule has 0 aliphatic rings. The molecule has 0 bridgehead atoms. The van der Waals surface area contributed by atoms with Gasteiger partial charge >= 0.3 is 0 Å². The maximum absolute atomic E-state index is 8.35. The van der Waals surface area contributed by atoms with Crippen LogP contribution in [0, 0.1) is 11.3 Å². The second-order valence-electron chi connectivity index (χ2n) is 3.28. The van der Waals surface area contributed by atoms with Crippen molar-refractivity contribution < 1.29 is 4.74 Å². The summed E-state index contributed by atoms with van der Waals surface area (Å²) in [5.74, 6) is 0.727. The van der Waals surface area contributed by atoms with Gasteiger partial charge in [0.1, 0.15) is 11.8 Å². The van der Waals surface area contributed by atoms with E-state index in [-0.39, 0.29) is 12.6 Å². The molecule has 3 nitrogen and oxygen atoms in total. The minimum atomic E-state index is 0.0850. The zero-order valence-electron chi connectivity index (χ0n) is 8.23. The minimum absolute atomic E-state index is 0.0850. The molecule has 1 atom stereocenters. The van der Waals surface area contributed by atoms with E-state index in [4.69, 9.17) is 15.7 Å². The Kier molecular flexibility index (Phi) is 3.96. The fourth-order valence-corrected chi connectivity index (χ4v) is 1.25. The van der Waals surface area contributed by atoms with E-state index in [2.05, 4.69) is 0 Å². The summed E-state index contributed by atoms with van der Waals surface area (Å²) in [6, 6.07) is 9.73. The SMILES string of the molecule is CC(N)Cc1cccc(OCC#N)c1. The third-order valence-electron chi connectivity index (χ3n) is 1.76. The van der Waals surface area contributed by atoms with Crippen LogP contribution >= 0.6 is 0 Å². The molecule has 1 aromatic carbocycles. The number of rotatable bonds is 4. The predicted octanol–water partition coefficient (Wildman–Crippen LogP) is 1.48. The number of benzene rings is 1. The molecule has 0 heterocycles. The van der Waals surface area contributed by atoms with Crippen molar-refractivity contribution in [3.05, 3.63) is 29.8 Å². The molecule has 0 fully saturated rings. The summed E-state index contributed by atoms with van der Waals surface area (Å²) in [7, 11) is 0. The zero-order chi connectivity index (χ0) is 10.4. The smallest absolute Gasteiger partial charge is 0.174 e. The summed E-state index contributed by atoms with van der Waals surface area (Å²) in [5, 5.41) is 8.35. The Morgan fingerprint density at radius 2 is 2.36 bits per heavy atom. The standard InChI is InChI=1S/C11H14N2O/c1-9(13)7-10-3-2-4-11(8-10)14-6-5-12/h2-4,8-9H,6-7,13H2,1H3. The van der Waals surface area contributed by atoms with Crippen LogP contribution in [0.1, 0.15) is 12.5 Å². The molecule has 1 aromatic rings. The second kappa shape index (κ2) is 5.25. The van der Waals surface area contributed by atoms with Gasteiger partial charge in [0.25, 0.3) is 0 Å². The molecule has 0 aliphatic heterocycles. The van der Waals surface area contributed by atoms with Gasteiger partial charge in [-0.1, -0.05) is 12.1 Å². The molecule has 14 heavy (non-hydrogen) atoms. The molecule has 0 aliphatic carbocycles. The Balaban J connectivity index is 2.65. The van der Waals surface area contributed by atoms with E-state index in [0.717, 1.165) is 17.7 Å². The van der Waals surface area contributed by atoms with Gasteiger partial charge in [0.2, 0.25) is 0 Å². The molecule has 3 heteroatoms. The summed E-state index contributed by atoms with van der Waals surface area (Å²) >= 11 is 0. The summed E-state index contributed by atoms with van der Waals surface area (Å²) in [4.78, 5) is 0. The lowest BCUT2D eigenvalue weighted by atomic mass is 10.1. The van der Waals surface area contributed by atoms with Crippen molar-refractivity contribution in [1.82, 2.24) is 0 Å². The second-order valence-corrected chi connectivity index (χ2v) is 3.28. The first kappa shape index (κ1) is 10.6. The molecule has 74 valence electrons. The van der Waals surface area contributed by atoms with Crippen molar-refractivity contribution in [2.24, 2.45) is 5.73 Å². The van der Waals surface area contributed by atoms with Crippen LogP contribution in [0.25, 0.3) is 0 Å². The first-order chi connectivity index (χ1) is 6.72. The van der Waals surface area contributed by atoms with Crippen LogP contribution in [0.15, 0.2) is 24.3 Å². The first-order valence-electron chi connectivity index (χ1n) is 4.56. The van der Waals surface area contributed by atoms with Gasteiger partial charge in [-0.15, -0.1) is 0 Å². The van der Waals surface area contributed by atoms with Crippen molar-refractivity contribution in [3.8, 4) is 11.8 Å². The highest BCUT2D eigenvalue weighted by molar-refractivity contribution is 5.29. The maximum Gasteiger partial charge on any atom is 0.174 e. The Hall–Kier alpha value is -1.53. The van der Waals surface area contributed by atoms with E-state index in [1.54, 1.807) is 0 Å². The van der Waals surface area contributed by atoms with Crippen molar-refractivity contribution in [3.63, 3.8) is 0 Å². The maximum atomic E-state index is 8.35. The van der Waals surface area contributed by atoms with E-state index in [1.165, 1.54) is 0 Å². The molecular formula is C11H14N2O. The average Bonchev–Trinajstić information content (AvgIpc) is 2.14. The van der Waals surface area contributed by atoms with Gasteiger partial charge in [-0.3, -0.25) is 0 Å². The van der Waals surface area contributed by atoms with Crippen molar-refractivity contribution in [2.45, 2.75) is 19.4 Å². The normalized spacial score (nSPS) is 11.8. The summed E-state index contributed by atoms with van der Waals surface area (Å²) in [6.07, 6.45) is 0.823. The molecular weight excluding hydrogens is 176 g/mol. The number of hydrogen-bond donors (Lipinski definition) is 1. The number of hydrogen-bond acceptors (Lipinski definition) is 3. The van der Waals surface area contributed by atoms with Gasteiger partial charge in [0.05, 0.1) is 0 Å². The van der Waals surface area contributed by atoms with Gasteiger partial charge in [0, 0.05) is 6.04 Å². The van der Waals surface area contributed by atoms with Gasteiger partial charge in [0.15, 0.2) is 6.61 Å². The average molecular weight is 190 g/mol. The fourth-order valence-electron chi connectivity index (χ4n) is 1.25. The molecule has 0 saturated carbocycles. The van der Waals surface area contributed by atoms with E-state index in [1.807, 2.05) is 37.3 Å². The largest absolute Gasteiger partial charge is 0.479 e. The van der Waals surface area contributed by atoms with Crippen LogP contribution in [0.3, 0.4) is 0 Å². The number of nitrogens with zero attached hydrogens (tertiary/aromatic N) is 1. The molecule has 0 amide bonds. The summed E-state index contributed by atoms with van der Waals surface area (Å²) in [5.41, 5.74) is 6.82. The molecule has 0 saturated heterocycles. The highest BCUT2D eigenvalue weighted by Gasteiger charge is 1.99. The Morgan fingerprint density at radius 3 is 3.00 bits per heavy atom. The number of nitriles is 1. The van der Waals surface area contributed by atoms with E-state index in [9.17, 15) is 0 Å². The molecule has 1 unspecified atom stereocenters. The number of ether oxygens (including phenoxy) is 1. The monoisotopic (exact) mass is 190 g/mol. The van der Waals surface area contributed by atoms with E-state index in [0.29, 0.717) is 0 Å². The van der Waals surface area contributed by atoms with Gasteiger partial charge in [-0.2, -0.15) is 5.26 Å². The molecule has 2 N–H and O–H groups in total. The highest BCUT2D eigenvalue weighted by Crippen LogP contribution is 2.14. The summed E-state index contributed by atoms with van der Waals surface area (Å²) < 4.78 is 5.18. The van der Waals surface area contributed by atoms with Crippen LogP contribution in [0.2, 0.25) is 0 Å². The lowest BCUT2D eigenvalue weighted by molar-refractivity contribution is 0.367. The minimum Gasteiger partial charge on any atom is -0.479 e. The van der Waals surface area contributed by atoms with Crippen molar-refractivity contribution >= 4 is 0 Å². The Labute approximate surface area is 84.1 Å². The van der Waals surface area contributed by atoms with Crippen molar-refractivity contribution in [2.75, 3.05) is 6.61 Å². The van der Waals surface area contributed by atoms with E-state index < -0.39 is 0 Å². The molecule has 0 radical (unpaired) electrons. The van der Waals surface area contributed by atoms with Crippen LogP contribution in [-0.4, -0.2) is 12.6 Å². The van der Waals surface area contributed by atoms with Gasteiger partial charge in [-0.05, 0) is 31.0 Å². The van der Waals surface area contributed by atoms with Gasteiger partial charge < -0.3 is 10.5 Å². The first-order valence-corrected chi connectivity index (χ1v) is 4.56. The lowest BCUT2D eigenvalue weighted by Gasteiger charge is -2.07. The van der Waals surface area contributed by atoms with Crippen LogP contribution < -0.4 is 10.5 Å².